The molecule has 2 amide bonds. The number of carbonyl (C=O) groups excluding carboxylic acids is 2. The van der Waals surface area contributed by atoms with Gasteiger partial charge in [0.1, 0.15) is 5.75 Å². The average molecular weight is 410 g/mol. The number of benzene rings is 1. The van der Waals surface area contributed by atoms with E-state index in [0.717, 1.165) is 23.4 Å². The van der Waals surface area contributed by atoms with E-state index in [1.54, 1.807) is 53.7 Å². The zero-order valence-electron chi connectivity index (χ0n) is 16.1. The van der Waals surface area contributed by atoms with Crippen LogP contribution in [0.1, 0.15) is 33.7 Å². The third-order valence-corrected chi connectivity index (χ3v) is 5.96. The van der Waals surface area contributed by atoms with Gasteiger partial charge < -0.3 is 15.0 Å². The number of piperidine rings is 1. The molecule has 150 valence electrons. The van der Waals surface area contributed by atoms with Crippen LogP contribution in [0.25, 0.3) is 10.6 Å². The first-order valence-corrected chi connectivity index (χ1v) is 10.4. The number of nitrogens with zero attached hydrogens (tertiary/aromatic N) is 2. The number of ether oxygens (including phenoxy) is 1. The van der Waals surface area contributed by atoms with E-state index in [9.17, 15) is 9.59 Å². The van der Waals surface area contributed by atoms with Crippen molar-refractivity contribution < 1.29 is 14.3 Å². The number of carbonyl (C=O) groups is 2. The van der Waals surface area contributed by atoms with E-state index < -0.39 is 0 Å². The molecule has 7 nitrogen and oxygen atoms in total. The quantitative estimate of drug-likeness (QED) is 0.676. The lowest BCUT2D eigenvalue weighted by atomic mass is 10.0. The van der Waals surface area contributed by atoms with Crippen LogP contribution >= 0.6 is 11.3 Å². The number of aromatic amines is 1. The summed E-state index contributed by atoms with van der Waals surface area (Å²) in [5, 5.41) is 12.2. The van der Waals surface area contributed by atoms with E-state index in [4.69, 9.17) is 4.74 Å². The minimum absolute atomic E-state index is 0.0505. The highest BCUT2D eigenvalue weighted by molar-refractivity contribution is 7.13. The first kappa shape index (κ1) is 19.2. The summed E-state index contributed by atoms with van der Waals surface area (Å²) in [6.07, 6.45) is 1.44. The Morgan fingerprint density at radius 1 is 1.21 bits per heavy atom. The third kappa shape index (κ3) is 4.32. The lowest BCUT2D eigenvalue weighted by Crippen LogP contribution is -2.46. The molecule has 8 heteroatoms. The zero-order valence-corrected chi connectivity index (χ0v) is 16.9. The maximum absolute atomic E-state index is 12.7. The van der Waals surface area contributed by atoms with Crippen LogP contribution in [0.3, 0.4) is 0 Å². The van der Waals surface area contributed by atoms with Crippen LogP contribution in [0, 0.1) is 0 Å². The van der Waals surface area contributed by atoms with Crippen molar-refractivity contribution in [1.82, 2.24) is 20.4 Å². The van der Waals surface area contributed by atoms with Crippen molar-refractivity contribution in [1.29, 1.82) is 0 Å². The van der Waals surface area contributed by atoms with Crippen LogP contribution in [0.4, 0.5) is 0 Å². The van der Waals surface area contributed by atoms with Gasteiger partial charge in [-0.05, 0) is 54.6 Å². The smallest absolute Gasteiger partial charge is 0.274 e. The van der Waals surface area contributed by atoms with Crippen LogP contribution in [-0.2, 0) is 0 Å². The Morgan fingerprint density at radius 3 is 2.62 bits per heavy atom. The average Bonchev–Trinajstić information content (AvgIpc) is 3.46. The maximum Gasteiger partial charge on any atom is 0.274 e. The summed E-state index contributed by atoms with van der Waals surface area (Å²) in [5.74, 6) is 0.531. The minimum Gasteiger partial charge on any atom is -0.497 e. The number of rotatable bonds is 5. The molecule has 4 rings (SSSR count). The Hall–Kier alpha value is -3.13. The topological polar surface area (TPSA) is 87.3 Å². The predicted octanol–water partition coefficient (Wildman–Crippen LogP) is 3.18. The van der Waals surface area contributed by atoms with Gasteiger partial charge in [-0.25, -0.2) is 0 Å². The first-order chi connectivity index (χ1) is 14.1. The summed E-state index contributed by atoms with van der Waals surface area (Å²) in [5.41, 5.74) is 1.88. The van der Waals surface area contributed by atoms with E-state index in [1.807, 2.05) is 17.5 Å². The second-order valence-corrected chi connectivity index (χ2v) is 7.86. The van der Waals surface area contributed by atoms with Gasteiger partial charge in [0.2, 0.25) is 0 Å². The molecule has 0 spiro atoms. The van der Waals surface area contributed by atoms with Crippen molar-refractivity contribution in [2.24, 2.45) is 0 Å². The molecule has 3 heterocycles. The molecule has 0 unspecified atom stereocenters. The SMILES string of the molecule is COc1ccc(C(=O)NC2CCN(C(=O)c3cc(-c4cccs4)[nH]n3)CC2)cc1. The van der Waals surface area contributed by atoms with E-state index in [1.165, 1.54) is 0 Å². The molecule has 1 fully saturated rings. The van der Waals surface area contributed by atoms with E-state index in [2.05, 4.69) is 15.5 Å². The number of thiophene rings is 1. The number of hydrogen-bond acceptors (Lipinski definition) is 5. The summed E-state index contributed by atoms with van der Waals surface area (Å²) in [6.45, 7) is 1.18. The molecule has 2 N–H and O–H groups in total. The lowest BCUT2D eigenvalue weighted by molar-refractivity contribution is 0.0692. The van der Waals surface area contributed by atoms with Gasteiger partial charge in [-0.3, -0.25) is 14.7 Å². The van der Waals surface area contributed by atoms with Gasteiger partial charge in [-0.2, -0.15) is 5.10 Å². The Bertz CT molecular complexity index is 974. The molecule has 0 saturated carbocycles. The number of hydrogen-bond donors (Lipinski definition) is 2. The second kappa shape index (κ2) is 8.48. The van der Waals surface area contributed by atoms with Crippen LogP contribution < -0.4 is 10.1 Å². The molecule has 0 radical (unpaired) electrons. The molecular weight excluding hydrogens is 388 g/mol. The minimum atomic E-state index is -0.106. The third-order valence-electron chi connectivity index (χ3n) is 5.05. The van der Waals surface area contributed by atoms with Crippen LogP contribution in [0.2, 0.25) is 0 Å². The van der Waals surface area contributed by atoms with Crippen molar-refractivity contribution in [3.8, 4) is 16.3 Å². The van der Waals surface area contributed by atoms with Crippen molar-refractivity contribution >= 4 is 23.2 Å². The van der Waals surface area contributed by atoms with Gasteiger partial charge in [0, 0.05) is 24.7 Å². The molecule has 2 aromatic heterocycles. The summed E-state index contributed by atoms with van der Waals surface area (Å²) < 4.78 is 5.12. The first-order valence-electron chi connectivity index (χ1n) is 9.47. The van der Waals surface area contributed by atoms with Gasteiger partial charge in [-0.15, -0.1) is 11.3 Å². The van der Waals surface area contributed by atoms with Crippen molar-refractivity contribution in [3.05, 3.63) is 59.1 Å². The second-order valence-electron chi connectivity index (χ2n) is 6.91. The Morgan fingerprint density at radius 2 is 1.97 bits per heavy atom. The summed E-state index contributed by atoms with van der Waals surface area (Å²) in [6, 6.07) is 12.8. The molecule has 0 aliphatic carbocycles. The summed E-state index contributed by atoms with van der Waals surface area (Å²) in [7, 11) is 1.59. The maximum atomic E-state index is 12.7. The van der Waals surface area contributed by atoms with Crippen molar-refractivity contribution in [2.45, 2.75) is 18.9 Å². The largest absolute Gasteiger partial charge is 0.497 e. The van der Waals surface area contributed by atoms with Crippen molar-refractivity contribution in [3.63, 3.8) is 0 Å². The number of amides is 2. The number of methoxy groups -OCH3 is 1. The monoisotopic (exact) mass is 410 g/mol. The normalized spacial score (nSPS) is 14.6. The Labute approximate surface area is 172 Å². The highest BCUT2D eigenvalue weighted by Crippen LogP contribution is 2.24. The zero-order chi connectivity index (χ0) is 20.2. The molecule has 0 atom stereocenters. The van der Waals surface area contributed by atoms with Crippen LogP contribution in [0.15, 0.2) is 47.8 Å². The fourth-order valence-corrected chi connectivity index (χ4v) is 4.08. The Balaban J connectivity index is 1.30. The summed E-state index contributed by atoms with van der Waals surface area (Å²) >= 11 is 1.60. The van der Waals surface area contributed by atoms with Crippen molar-refractivity contribution in [2.75, 3.05) is 20.2 Å². The predicted molar refractivity (Wildman–Crippen MR) is 111 cm³/mol. The van der Waals surface area contributed by atoms with Gasteiger partial charge in [0.05, 0.1) is 17.7 Å². The Kier molecular flexibility index (Phi) is 5.62. The van der Waals surface area contributed by atoms with Gasteiger partial charge in [0.15, 0.2) is 5.69 Å². The van der Waals surface area contributed by atoms with E-state index >= 15 is 0 Å². The molecule has 29 heavy (non-hydrogen) atoms. The lowest BCUT2D eigenvalue weighted by Gasteiger charge is -2.32. The molecule has 1 aromatic carbocycles. The number of H-pyrrole nitrogens is 1. The fourth-order valence-electron chi connectivity index (χ4n) is 3.39. The standard InChI is InChI=1S/C21H22N4O3S/c1-28-16-6-4-14(5-7-16)20(26)22-15-8-10-25(11-9-15)21(27)18-13-17(23-24-18)19-3-2-12-29-19/h2-7,12-13,15H,8-11H2,1H3,(H,22,26)(H,23,24). The van der Waals surface area contributed by atoms with Gasteiger partial charge in [-0.1, -0.05) is 6.07 Å². The highest BCUT2D eigenvalue weighted by Gasteiger charge is 2.26. The summed E-state index contributed by atoms with van der Waals surface area (Å²) in [4.78, 5) is 28.0. The van der Waals surface area contributed by atoms with Gasteiger partial charge >= 0.3 is 0 Å². The highest BCUT2D eigenvalue weighted by atomic mass is 32.1. The van der Waals surface area contributed by atoms with Crippen LogP contribution in [-0.4, -0.2) is 53.2 Å². The fraction of sp³-hybridized carbons (Fsp3) is 0.286. The molecule has 1 aliphatic rings. The van der Waals surface area contributed by atoms with E-state index in [0.29, 0.717) is 30.1 Å². The number of likely N-dealkylation sites (tertiary alicyclic amines) is 1. The molecular formula is C21H22N4O3S. The van der Waals surface area contributed by atoms with Crippen LogP contribution in [0.5, 0.6) is 5.75 Å². The number of aromatic nitrogens is 2. The number of nitrogens with one attached hydrogen (secondary N) is 2. The van der Waals surface area contributed by atoms with Gasteiger partial charge in [0.25, 0.3) is 11.8 Å². The molecule has 3 aromatic rings. The van der Waals surface area contributed by atoms with E-state index in [-0.39, 0.29) is 17.9 Å². The molecule has 1 saturated heterocycles. The molecule has 0 bridgehead atoms. The molecule has 1 aliphatic heterocycles.